The van der Waals surface area contributed by atoms with Gasteiger partial charge >= 0.3 is 6.09 Å². The van der Waals surface area contributed by atoms with Gasteiger partial charge < -0.3 is 9.64 Å². The van der Waals surface area contributed by atoms with Gasteiger partial charge in [0.25, 0.3) is 0 Å². The van der Waals surface area contributed by atoms with Gasteiger partial charge in [-0.2, -0.15) is 0 Å². The smallest absolute Gasteiger partial charge is 0.410 e. The quantitative estimate of drug-likeness (QED) is 0.834. The maximum atomic E-state index is 12.3. The van der Waals surface area contributed by atoms with Crippen molar-refractivity contribution in [1.82, 2.24) is 9.80 Å². The molecule has 126 valence electrons. The first-order valence-electron chi connectivity index (χ1n) is 8.64. The van der Waals surface area contributed by atoms with E-state index in [1.165, 1.54) is 12.0 Å². The minimum Gasteiger partial charge on any atom is -0.444 e. The largest absolute Gasteiger partial charge is 0.444 e. The number of hydrogen-bond donors (Lipinski definition) is 0. The highest BCUT2D eigenvalue weighted by molar-refractivity contribution is 5.68. The van der Waals surface area contributed by atoms with Gasteiger partial charge in [-0.3, -0.25) is 4.90 Å². The summed E-state index contributed by atoms with van der Waals surface area (Å²) in [6, 6.07) is 11.5. The van der Waals surface area contributed by atoms with Gasteiger partial charge in [0, 0.05) is 25.2 Å². The molecule has 2 aliphatic rings. The molecule has 4 nitrogen and oxygen atoms in total. The van der Waals surface area contributed by atoms with E-state index in [0.29, 0.717) is 18.0 Å². The van der Waals surface area contributed by atoms with Crippen molar-refractivity contribution in [2.24, 2.45) is 5.92 Å². The Labute approximate surface area is 139 Å². The fourth-order valence-electron chi connectivity index (χ4n) is 3.87. The molecule has 4 heteroatoms. The molecule has 2 aliphatic heterocycles. The molecule has 0 aliphatic carbocycles. The van der Waals surface area contributed by atoms with Crippen LogP contribution in [-0.2, 0) is 4.74 Å². The minimum atomic E-state index is -0.425. The second-order valence-corrected chi connectivity index (χ2v) is 7.83. The average molecular weight is 316 g/mol. The number of amides is 1. The van der Waals surface area contributed by atoms with Crippen molar-refractivity contribution in [2.45, 2.75) is 51.8 Å². The van der Waals surface area contributed by atoms with Crippen molar-refractivity contribution >= 4 is 6.09 Å². The minimum absolute atomic E-state index is 0.167. The Balaban J connectivity index is 1.66. The molecule has 0 radical (unpaired) electrons. The second-order valence-electron chi connectivity index (χ2n) is 7.83. The predicted octanol–water partition coefficient (Wildman–Crippen LogP) is 3.69. The lowest BCUT2D eigenvalue weighted by molar-refractivity contribution is 0.0267. The number of rotatable bonds is 2. The third kappa shape index (κ3) is 3.52. The van der Waals surface area contributed by atoms with Crippen LogP contribution < -0.4 is 0 Å². The summed E-state index contributed by atoms with van der Waals surface area (Å²) >= 11 is 0. The van der Waals surface area contributed by atoms with Gasteiger partial charge in [-0.25, -0.2) is 4.79 Å². The number of nitrogens with zero attached hydrogens (tertiary/aromatic N) is 2. The zero-order valence-electron chi connectivity index (χ0n) is 14.7. The van der Waals surface area contributed by atoms with Crippen molar-refractivity contribution in [2.75, 3.05) is 19.6 Å². The summed E-state index contributed by atoms with van der Waals surface area (Å²) in [5, 5.41) is 0. The van der Waals surface area contributed by atoms with Crippen molar-refractivity contribution in [1.29, 1.82) is 0 Å². The number of hydrogen-bond acceptors (Lipinski definition) is 3. The van der Waals surface area contributed by atoms with Gasteiger partial charge in [0.15, 0.2) is 0 Å². The summed E-state index contributed by atoms with van der Waals surface area (Å²) in [5.74, 6) is 0.577. The SMILES string of the molecule is C[C@H](c1ccccc1)N1CC[C@@H]2CN(C(=O)OC(C)(C)C)CC21. The zero-order chi connectivity index (χ0) is 16.6. The summed E-state index contributed by atoms with van der Waals surface area (Å²) in [5.41, 5.74) is 0.926. The highest BCUT2D eigenvalue weighted by atomic mass is 16.6. The first kappa shape index (κ1) is 16.3. The van der Waals surface area contributed by atoms with Crippen molar-refractivity contribution in [3.8, 4) is 0 Å². The van der Waals surface area contributed by atoms with Crippen LogP contribution in [0.15, 0.2) is 30.3 Å². The van der Waals surface area contributed by atoms with Gasteiger partial charge in [-0.1, -0.05) is 30.3 Å². The van der Waals surface area contributed by atoms with Crippen LogP contribution in [0.5, 0.6) is 0 Å². The first-order chi connectivity index (χ1) is 10.8. The zero-order valence-corrected chi connectivity index (χ0v) is 14.7. The molecule has 1 aromatic carbocycles. The van der Waals surface area contributed by atoms with Gasteiger partial charge in [-0.05, 0) is 52.1 Å². The molecule has 3 rings (SSSR count). The van der Waals surface area contributed by atoms with Crippen LogP contribution in [0.2, 0.25) is 0 Å². The molecule has 1 aromatic rings. The molecule has 1 unspecified atom stereocenters. The van der Waals surface area contributed by atoms with E-state index in [1.807, 2.05) is 25.7 Å². The van der Waals surface area contributed by atoms with Gasteiger partial charge in [0.05, 0.1) is 0 Å². The average Bonchev–Trinajstić information content (AvgIpc) is 3.05. The normalized spacial score (nSPS) is 26.2. The predicted molar refractivity (Wildman–Crippen MR) is 91.3 cm³/mol. The molecule has 0 spiro atoms. The lowest BCUT2D eigenvalue weighted by Crippen LogP contribution is -2.40. The van der Waals surface area contributed by atoms with Crippen molar-refractivity contribution in [3.63, 3.8) is 0 Å². The molecular weight excluding hydrogens is 288 g/mol. The number of fused-ring (bicyclic) bond motifs is 1. The number of likely N-dealkylation sites (tertiary alicyclic amines) is 2. The highest BCUT2D eigenvalue weighted by Gasteiger charge is 2.45. The first-order valence-corrected chi connectivity index (χ1v) is 8.64. The Morgan fingerprint density at radius 2 is 1.91 bits per heavy atom. The number of benzene rings is 1. The fraction of sp³-hybridized carbons (Fsp3) is 0.632. The molecule has 23 heavy (non-hydrogen) atoms. The summed E-state index contributed by atoms with van der Waals surface area (Å²) in [7, 11) is 0. The lowest BCUT2D eigenvalue weighted by Gasteiger charge is -2.31. The molecule has 2 saturated heterocycles. The molecule has 2 heterocycles. The van der Waals surface area contributed by atoms with E-state index in [-0.39, 0.29) is 6.09 Å². The maximum absolute atomic E-state index is 12.3. The Morgan fingerprint density at radius 3 is 2.57 bits per heavy atom. The summed E-state index contributed by atoms with van der Waals surface area (Å²) in [4.78, 5) is 16.8. The van der Waals surface area contributed by atoms with Crippen molar-refractivity contribution < 1.29 is 9.53 Å². The van der Waals surface area contributed by atoms with Crippen LogP contribution in [0.25, 0.3) is 0 Å². The highest BCUT2D eigenvalue weighted by Crippen LogP contribution is 2.37. The molecular formula is C19H28N2O2. The van der Waals surface area contributed by atoms with E-state index in [4.69, 9.17) is 4.74 Å². The topological polar surface area (TPSA) is 32.8 Å². The number of ether oxygens (including phenoxy) is 1. The molecule has 3 atom stereocenters. The van der Waals surface area contributed by atoms with Crippen LogP contribution in [0.4, 0.5) is 4.79 Å². The van der Waals surface area contributed by atoms with E-state index in [9.17, 15) is 4.79 Å². The summed E-state index contributed by atoms with van der Waals surface area (Å²) in [6.07, 6.45) is 1.00. The number of carbonyl (C=O) groups is 1. The molecule has 2 fully saturated rings. The third-order valence-electron chi connectivity index (χ3n) is 5.02. The Bertz CT molecular complexity index is 552. The van der Waals surface area contributed by atoms with E-state index in [1.54, 1.807) is 0 Å². The molecule has 0 bridgehead atoms. The Kier molecular flexibility index (Phi) is 4.37. The van der Waals surface area contributed by atoms with Gasteiger partial charge in [-0.15, -0.1) is 0 Å². The monoisotopic (exact) mass is 316 g/mol. The third-order valence-corrected chi connectivity index (χ3v) is 5.02. The fourth-order valence-corrected chi connectivity index (χ4v) is 3.87. The maximum Gasteiger partial charge on any atom is 0.410 e. The molecule has 0 N–H and O–H groups in total. The summed E-state index contributed by atoms with van der Waals surface area (Å²) in [6.45, 7) is 10.8. The van der Waals surface area contributed by atoms with Gasteiger partial charge in [0.1, 0.15) is 5.60 Å². The standard InChI is InChI=1S/C19H28N2O2/c1-14(15-8-6-5-7-9-15)21-11-10-16-12-20(13-17(16)21)18(22)23-19(2,3)4/h5-9,14,16-17H,10-13H2,1-4H3/t14-,16-,17?/m1/s1. The van der Waals surface area contributed by atoms with Crippen LogP contribution in [-0.4, -0.2) is 47.2 Å². The Morgan fingerprint density at radius 1 is 1.22 bits per heavy atom. The molecule has 0 aromatic heterocycles. The van der Waals surface area contributed by atoms with Gasteiger partial charge in [0.2, 0.25) is 0 Å². The molecule has 1 amide bonds. The molecule has 0 saturated carbocycles. The summed E-state index contributed by atoms with van der Waals surface area (Å²) < 4.78 is 5.54. The van der Waals surface area contributed by atoms with Crippen LogP contribution >= 0.6 is 0 Å². The van der Waals surface area contributed by atoms with E-state index < -0.39 is 5.60 Å². The van der Waals surface area contributed by atoms with Crippen LogP contribution in [0.3, 0.4) is 0 Å². The van der Waals surface area contributed by atoms with Crippen molar-refractivity contribution in [3.05, 3.63) is 35.9 Å². The number of carbonyl (C=O) groups excluding carboxylic acids is 1. The van der Waals surface area contributed by atoms with Crippen LogP contribution in [0, 0.1) is 5.92 Å². The van der Waals surface area contributed by atoms with E-state index >= 15 is 0 Å². The lowest BCUT2D eigenvalue weighted by atomic mass is 10.0. The van der Waals surface area contributed by atoms with E-state index in [2.05, 4.69) is 42.2 Å². The Hall–Kier alpha value is -1.55. The van der Waals surface area contributed by atoms with E-state index in [0.717, 1.165) is 19.6 Å². The van der Waals surface area contributed by atoms with Crippen LogP contribution in [0.1, 0.15) is 45.7 Å². The second kappa shape index (κ2) is 6.16.